The summed E-state index contributed by atoms with van der Waals surface area (Å²) < 4.78 is 5.49. The summed E-state index contributed by atoms with van der Waals surface area (Å²) in [5.41, 5.74) is 4.43. The van der Waals surface area contributed by atoms with E-state index in [1.807, 2.05) is 48.5 Å². The molecular weight excluding hydrogens is 316 g/mol. The van der Waals surface area contributed by atoms with Gasteiger partial charge in [-0.25, -0.2) is 4.79 Å². The van der Waals surface area contributed by atoms with E-state index < -0.39 is 6.04 Å². The molecular formula is C20H20N2O3. The molecule has 1 atom stereocenters. The van der Waals surface area contributed by atoms with Crippen molar-refractivity contribution in [2.24, 2.45) is 0 Å². The van der Waals surface area contributed by atoms with Gasteiger partial charge in [0.2, 0.25) is 0 Å². The van der Waals surface area contributed by atoms with E-state index >= 15 is 0 Å². The first-order valence-electron chi connectivity index (χ1n) is 8.55. The van der Waals surface area contributed by atoms with Gasteiger partial charge in [0.05, 0.1) is 19.8 Å². The number of hydrogen-bond donors (Lipinski definition) is 1. The van der Waals surface area contributed by atoms with Crippen molar-refractivity contribution in [3.63, 3.8) is 0 Å². The van der Waals surface area contributed by atoms with Crippen LogP contribution in [0.25, 0.3) is 0 Å². The van der Waals surface area contributed by atoms with Crippen LogP contribution in [-0.2, 0) is 35.5 Å². The number of amides is 3. The first-order chi connectivity index (χ1) is 12.2. The maximum atomic E-state index is 12.7. The molecule has 3 amide bonds. The van der Waals surface area contributed by atoms with Crippen molar-refractivity contribution in [2.75, 3.05) is 6.61 Å². The molecule has 2 aromatic carbocycles. The monoisotopic (exact) mass is 336 g/mol. The highest BCUT2D eigenvalue weighted by Crippen LogP contribution is 2.24. The van der Waals surface area contributed by atoms with Crippen molar-refractivity contribution in [3.05, 3.63) is 70.8 Å². The minimum atomic E-state index is -0.488. The molecule has 2 aliphatic heterocycles. The summed E-state index contributed by atoms with van der Waals surface area (Å²) in [6.07, 6.45) is 1.34. The predicted molar refractivity (Wildman–Crippen MR) is 92.8 cm³/mol. The zero-order valence-corrected chi connectivity index (χ0v) is 13.9. The number of nitrogens with zero attached hydrogens (tertiary/aromatic N) is 1. The van der Waals surface area contributed by atoms with Crippen LogP contribution in [0.5, 0.6) is 0 Å². The molecule has 2 aliphatic rings. The highest BCUT2D eigenvalue weighted by molar-refractivity contribution is 6.04. The molecule has 1 unspecified atom stereocenters. The molecule has 0 radical (unpaired) electrons. The normalized spacial score (nSPS) is 19.7. The zero-order chi connectivity index (χ0) is 17.2. The number of nitrogens with one attached hydrogen (secondary N) is 1. The highest BCUT2D eigenvalue weighted by Gasteiger charge is 2.38. The van der Waals surface area contributed by atoms with Crippen LogP contribution in [-0.4, -0.2) is 29.5 Å². The van der Waals surface area contributed by atoms with E-state index in [0.29, 0.717) is 26.2 Å². The highest BCUT2D eigenvalue weighted by atomic mass is 16.5. The Morgan fingerprint density at radius 1 is 1.08 bits per heavy atom. The zero-order valence-electron chi connectivity index (χ0n) is 13.9. The second-order valence-corrected chi connectivity index (χ2v) is 6.47. The van der Waals surface area contributed by atoms with E-state index in [1.165, 1.54) is 10.5 Å². The number of hydrogen-bond acceptors (Lipinski definition) is 3. The van der Waals surface area contributed by atoms with Crippen molar-refractivity contribution in [1.29, 1.82) is 0 Å². The summed E-state index contributed by atoms with van der Waals surface area (Å²) >= 11 is 0. The Kier molecular flexibility index (Phi) is 4.24. The van der Waals surface area contributed by atoms with Gasteiger partial charge in [-0.3, -0.25) is 9.69 Å². The molecule has 0 saturated carbocycles. The maximum Gasteiger partial charge on any atom is 0.325 e. The minimum Gasteiger partial charge on any atom is -0.376 e. The fourth-order valence-corrected chi connectivity index (χ4v) is 3.53. The van der Waals surface area contributed by atoms with Gasteiger partial charge in [0.25, 0.3) is 5.91 Å². The van der Waals surface area contributed by atoms with E-state index in [1.54, 1.807) is 0 Å². The van der Waals surface area contributed by atoms with Gasteiger partial charge >= 0.3 is 6.03 Å². The van der Waals surface area contributed by atoms with Crippen LogP contribution in [0, 0.1) is 0 Å². The average Bonchev–Trinajstić information content (AvgIpc) is 2.90. The van der Waals surface area contributed by atoms with Gasteiger partial charge in [-0.05, 0) is 28.7 Å². The number of benzene rings is 2. The minimum absolute atomic E-state index is 0.154. The number of ether oxygens (including phenoxy) is 1. The van der Waals surface area contributed by atoms with Crippen molar-refractivity contribution >= 4 is 11.9 Å². The third-order valence-electron chi connectivity index (χ3n) is 4.84. The van der Waals surface area contributed by atoms with E-state index in [9.17, 15) is 9.59 Å². The predicted octanol–water partition coefficient (Wildman–Crippen LogP) is 2.42. The van der Waals surface area contributed by atoms with Crippen molar-refractivity contribution in [3.8, 4) is 0 Å². The molecule has 5 heteroatoms. The molecule has 2 aromatic rings. The Morgan fingerprint density at radius 2 is 1.92 bits per heavy atom. The molecule has 1 N–H and O–H groups in total. The van der Waals surface area contributed by atoms with Crippen LogP contribution in [0.3, 0.4) is 0 Å². The molecule has 4 rings (SSSR count). The lowest BCUT2D eigenvalue weighted by Crippen LogP contribution is -2.32. The largest absolute Gasteiger partial charge is 0.376 e. The third-order valence-corrected chi connectivity index (χ3v) is 4.84. The van der Waals surface area contributed by atoms with E-state index in [4.69, 9.17) is 4.74 Å². The van der Waals surface area contributed by atoms with E-state index in [-0.39, 0.29) is 11.9 Å². The molecule has 0 aliphatic carbocycles. The molecule has 25 heavy (non-hydrogen) atoms. The molecule has 0 bridgehead atoms. The number of carbonyl (C=O) groups is 2. The number of carbonyl (C=O) groups excluding carboxylic acids is 2. The van der Waals surface area contributed by atoms with Gasteiger partial charge < -0.3 is 10.1 Å². The van der Waals surface area contributed by atoms with Crippen molar-refractivity contribution in [2.45, 2.75) is 32.0 Å². The lowest BCUT2D eigenvalue weighted by Gasteiger charge is -2.22. The molecule has 1 fully saturated rings. The maximum absolute atomic E-state index is 12.7. The van der Waals surface area contributed by atoms with Gasteiger partial charge in [0, 0.05) is 6.42 Å². The van der Waals surface area contributed by atoms with Crippen LogP contribution in [0.1, 0.15) is 22.3 Å². The first kappa shape index (κ1) is 15.8. The van der Waals surface area contributed by atoms with Gasteiger partial charge in [-0.15, -0.1) is 0 Å². The van der Waals surface area contributed by atoms with Crippen molar-refractivity contribution < 1.29 is 14.3 Å². The van der Waals surface area contributed by atoms with Crippen LogP contribution < -0.4 is 5.32 Å². The van der Waals surface area contributed by atoms with E-state index in [0.717, 1.165) is 23.1 Å². The second-order valence-electron chi connectivity index (χ2n) is 6.47. The molecule has 0 spiro atoms. The van der Waals surface area contributed by atoms with Crippen LogP contribution in [0.15, 0.2) is 48.5 Å². The molecule has 5 nitrogen and oxygen atoms in total. The Labute approximate surface area is 146 Å². The topological polar surface area (TPSA) is 58.6 Å². The molecule has 1 saturated heterocycles. The lowest BCUT2D eigenvalue weighted by molar-refractivity contribution is -0.127. The Bertz CT molecular complexity index is 804. The fourth-order valence-electron chi connectivity index (χ4n) is 3.53. The Hall–Kier alpha value is -2.66. The summed E-state index contributed by atoms with van der Waals surface area (Å²) in [5, 5.41) is 2.82. The summed E-state index contributed by atoms with van der Waals surface area (Å²) in [6.45, 7) is 1.60. The summed E-state index contributed by atoms with van der Waals surface area (Å²) in [6, 6.07) is 15.0. The first-order valence-corrected chi connectivity index (χ1v) is 8.55. The molecule has 2 heterocycles. The fraction of sp³-hybridized carbons (Fsp3) is 0.300. The molecule has 0 aromatic heterocycles. The van der Waals surface area contributed by atoms with Crippen LogP contribution in [0.2, 0.25) is 0 Å². The van der Waals surface area contributed by atoms with Crippen molar-refractivity contribution in [1.82, 2.24) is 10.2 Å². The molecule has 128 valence electrons. The third kappa shape index (κ3) is 3.15. The smallest absolute Gasteiger partial charge is 0.325 e. The number of urea groups is 1. The van der Waals surface area contributed by atoms with Crippen LogP contribution in [0.4, 0.5) is 4.79 Å². The summed E-state index contributed by atoms with van der Waals surface area (Å²) in [5.74, 6) is -0.154. The average molecular weight is 336 g/mol. The quantitative estimate of drug-likeness (QED) is 0.873. The van der Waals surface area contributed by atoms with Gasteiger partial charge in [-0.2, -0.15) is 0 Å². The Morgan fingerprint density at radius 3 is 2.76 bits per heavy atom. The number of imide groups is 1. The van der Waals surface area contributed by atoms with Gasteiger partial charge in [0.1, 0.15) is 6.04 Å². The Balaban J connectivity index is 1.52. The summed E-state index contributed by atoms with van der Waals surface area (Å²) in [4.78, 5) is 26.4. The van der Waals surface area contributed by atoms with Gasteiger partial charge in [-0.1, -0.05) is 48.5 Å². The van der Waals surface area contributed by atoms with Crippen LogP contribution >= 0.6 is 0 Å². The lowest BCUT2D eigenvalue weighted by atomic mass is 9.97. The summed E-state index contributed by atoms with van der Waals surface area (Å²) in [7, 11) is 0. The van der Waals surface area contributed by atoms with E-state index in [2.05, 4.69) is 5.32 Å². The number of rotatable bonds is 4. The van der Waals surface area contributed by atoms with Gasteiger partial charge in [0.15, 0.2) is 0 Å². The standard InChI is InChI=1S/C20H20N2O3/c23-19-18(11-14-5-2-1-3-6-14)21-20(24)22(19)12-15-7-4-8-16-13-25-10-9-17(15)16/h1-8,18H,9-13H2,(H,21,24). The second kappa shape index (κ2) is 6.69. The SMILES string of the molecule is O=C1NC(Cc2ccccc2)C(=O)N1Cc1cccc2c1CCOC2. The number of fused-ring (bicyclic) bond motifs is 1.